The van der Waals surface area contributed by atoms with E-state index in [1.807, 2.05) is 49.4 Å². The number of rotatable bonds is 5. The molecule has 1 saturated carbocycles. The standard InChI is InChI=1S/C22H29N3O/c1-16(17-8-4-3-5-9-17)24-18-11-13-19(14-12-18)25-21(26)20-10-6-7-15-22(20,2)23/h3-5,8-9,11-14,16,20,24H,6-7,10,15,23H2,1-2H3,(H,25,26). The van der Waals surface area contributed by atoms with Gasteiger partial charge in [0.1, 0.15) is 0 Å². The molecular formula is C22H29N3O. The number of nitrogens with two attached hydrogens (primary N) is 1. The summed E-state index contributed by atoms with van der Waals surface area (Å²) in [6, 6.07) is 18.4. The maximum absolute atomic E-state index is 12.6. The number of benzene rings is 2. The van der Waals surface area contributed by atoms with E-state index in [1.54, 1.807) is 0 Å². The monoisotopic (exact) mass is 351 g/mol. The van der Waals surface area contributed by atoms with E-state index in [1.165, 1.54) is 5.56 Å². The van der Waals surface area contributed by atoms with Crippen LogP contribution in [-0.2, 0) is 4.79 Å². The molecule has 3 unspecified atom stereocenters. The number of anilines is 2. The molecule has 3 rings (SSSR count). The summed E-state index contributed by atoms with van der Waals surface area (Å²) in [5.74, 6) is -0.0831. The molecule has 0 aliphatic heterocycles. The lowest BCUT2D eigenvalue weighted by atomic mass is 9.74. The Kier molecular flexibility index (Phi) is 5.62. The summed E-state index contributed by atoms with van der Waals surface area (Å²) in [6.45, 7) is 4.13. The molecule has 2 aromatic carbocycles. The Bertz CT molecular complexity index is 725. The first-order chi connectivity index (χ1) is 12.5. The third-order valence-corrected chi connectivity index (χ3v) is 5.41. The number of hydrogen-bond acceptors (Lipinski definition) is 3. The van der Waals surface area contributed by atoms with Crippen molar-refractivity contribution in [2.45, 2.75) is 51.1 Å². The van der Waals surface area contributed by atoms with Crippen LogP contribution in [0.15, 0.2) is 54.6 Å². The maximum atomic E-state index is 12.6. The number of carbonyl (C=O) groups excluding carboxylic acids is 1. The minimum atomic E-state index is -0.408. The summed E-state index contributed by atoms with van der Waals surface area (Å²) in [6.07, 6.45) is 3.96. The van der Waals surface area contributed by atoms with E-state index in [0.29, 0.717) is 0 Å². The second kappa shape index (κ2) is 7.92. The van der Waals surface area contributed by atoms with E-state index in [4.69, 9.17) is 5.73 Å². The van der Waals surface area contributed by atoms with Crippen LogP contribution in [0.1, 0.15) is 51.1 Å². The van der Waals surface area contributed by atoms with E-state index in [-0.39, 0.29) is 17.9 Å². The number of amides is 1. The van der Waals surface area contributed by atoms with Crippen molar-refractivity contribution in [1.82, 2.24) is 0 Å². The summed E-state index contributed by atoms with van der Waals surface area (Å²) in [5, 5.41) is 6.52. The van der Waals surface area contributed by atoms with E-state index in [2.05, 4.69) is 29.7 Å². The Labute approximate surface area is 156 Å². The van der Waals surface area contributed by atoms with Crippen LogP contribution in [-0.4, -0.2) is 11.4 Å². The van der Waals surface area contributed by atoms with Crippen molar-refractivity contribution >= 4 is 17.3 Å². The van der Waals surface area contributed by atoms with Crippen molar-refractivity contribution in [3.8, 4) is 0 Å². The zero-order valence-electron chi connectivity index (χ0n) is 15.7. The average Bonchev–Trinajstić information content (AvgIpc) is 2.63. The zero-order valence-corrected chi connectivity index (χ0v) is 15.7. The molecule has 3 atom stereocenters. The lowest BCUT2D eigenvalue weighted by molar-refractivity contribution is -0.122. The fourth-order valence-corrected chi connectivity index (χ4v) is 3.74. The highest BCUT2D eigenvalue weighted by Gasteiger charge is 2.37. The van der Waals surface area contributed by atoms with Gasteiger partial charge in [0, 0.05) is 23.0 Å². The molecule has 0 bridgehead atoms. The molecule has 1 amide bonds. The SMILES string of the molecule is CC(Nc1ccc(NC(=O)C2CCCCC2(C)N)cc1)c1ccccc1. The van der Waals surface area contributed by atoms with Crippen molar-refractivity contribution in [3.05, 3.63) is 60.2 Å². The zero-order chi connectivity index (χ0) is 18.6. The van der Waals surface area contributed by atoms with Gasteiger partial charge >= 0.3 is 0 Å². The van der Waals surface area contributed by atoms with Gasteiger partial charge in [-0.25, -0.2) is 0 Å². The Hall–Kier alpha value is -2.33. The Morgan fingerprint density at radius 3 is 2.38 bits per heavy atom. The van der Waals surface area contributed by atoms with E-state index < -0.39 is 5.54 Å². The first-order valence-electron chi connectivity index (χ1n) is 9.47. The van der Waals surface area contributed by atoms with Gasteiger partial charge in [-0.05, 0) is 56.5 Å². The van der Waals surface area contributed by atoms with Gasteiger partial charge in [-0.15, -0.1) is 0 Å². The predicted octanol–water partition coefficient (Wildman–Crippen LogP) is 4.71. The second-order valence-corrected chi connectivity index (χ2v) is 7.65. The van der Waals surface area contributed by atoms with Gasteiger partial charge in [-0.1, -0.05) is 43.2 Å². The topological polar surface area (TPSA) is 67.1 Å². The van der Waals surface area contributed by atoms with Crippen molar-refractivity contribution in [3.63, 3.8) is 0 Å². The van der Waals surface area contributed by atoms with Crippen molar-refractivity contribution in [1.29, 1.82) is 0 Å². The molecule has 0 saturated heterocycles. The fourth-order valence-electron chi connectivity index (χ4n) is 3.74. The minimum Gasteiger partial charge on any atom is -0.379 e. The van der Waals surface area contributed by atoms with Crippen LogP contribution in [0.25, 0.3) is 0 Å². The number of carbonyl (C=O) groups is 1. The quantitative estimate of drug-likeness (QED) is 0.731. The molecule has 26 heavy (non-hydrogen) atoms. The summed E-state index contributed by atoms with van der Waals surface area (Å²) in [7, 11) is 0. The Balaban J connectivity index is 1.60. The fraction of sp³-hybridized carbons (Fsp3) is 0.409. The molecule has 0 radical (unpaired) electrons. The molecular weight excluding hydrogens is 322 g/mol. The summed E-state index contributed by atoms with van der Waals surface area (Å²) >= 11 is 0. The van der Waals surface area contributed by atoms with Crippen LogP contribution < -0.4 is 16.4 Å². The minimum absolute atomic E-state index is 0.0352. The largest absolute Gasteiger partial charge is 0.379 e. The first kappa shape index (κ1) is 18.5. The van der Waals surface area contributed by atoms with Crippen LogP contribution in [0.2, 0.25) is 0 Å². The molecule has 0 heterocycles. The van der Waals surface area contributed by atoms with E-state index in [0.717, 1.165) is 37.1 Å². The molecule has 1 aliphatic rings. The summed E-state index contributed by atoms with van der Waals surface area (Å²) in [4.78, 5) is 12.6. The predicted molar refractivity (Wildman–Crippen MR) is 108 cm³/mol. The van der Waals surface area contributed by atoms with Gasteiger partial charge < -0.3 is 16.4 Å². The lowest BCUT2D eigenvalue weighted by Gasteiger charge is -2.37. The van der Waals surface area contributed by atoms with E-state index in [9.17, 15) is 4.79 Å². The lowest BCUT2D eigenvalue weighted by Crippen LogP contribution is -2.51. The number of hydrogen-bond donors (Lipinski definition) is 3. The van der Waals surface area contributed by atoms with Crippen LogP contribution in [0.5, 0.6) is 0 Å². The molecule has 1 fully saturated rings. The van der Waals surface area contributed by atoms with Gasteiger partial charge in [-0.2, -0.15) is 0 Å². The second-order valence-electron chi connectivity index (χ2n) is 7.65. The summed E-state index contributed by atoms with van der Waals surface area (Å²) < 4.78 is 0. The Morgan fingerprint density at radius 1 is 1.08 bits per heavy atom. The molecule has 0 aromatic heterocycles. The maximum Gasteiger partial charge on any atom is 0.229 e. The van der Waals surface area contributed by atoms with Gasteiger partial charge in [0.05, 0.1) is 5.92 Å². The normalized spacial score (nSPS) is 23.9. The average molecular weight is 351 g/mol. The van der Waals surface area contributed by atoms with Gasteiger partial charge in [-0.3, -0.25) is 4.79 Å². The van der Waals surface area contributed by atoms with Crippen LogP contribution >= 0.6 is 0 Å². The Morgan fingerprint density at radius 2 is 1.73 bits per heavy atom. The molecule has 0 spiro atoms. The molecule has 138 valence electrons. The van der Waals surface area contributed by atoms with Crippen molar-refractivity contribution < 1.29 is 4.79 Å². The molecule has 4 nitrogen and oxygen atoms in total. The number of nitrogens with one attached hydrogen (secondary N) is 2. The van der Waals surface area contributed by atoms with Crippen LogP contribution in [0.3, 0.4) is 0 Å². The third kappa shape index (κ3) is 4.44. The molecule has 1 aliphatic carbocycles. The highest BCUT2D eigenvalue weighted by Crippen LogP contribution is 2.32. The summed E-state index contributed by atoms with van der Waals surface area (Å²) in [5.41, 5.74) is 9.01. The molecule has 4 N–H and O–H groups in total. The van der Waals surface area contributed by atoms with Gasteiger partial charge in [0.2, 0.25) is 5.91 Å². The highest BCUT2D eigenvalue weighted by molar-refractivity contribution is 5.93. The van der Waals surface area contributed by atoms with Crippen molar-refractivity contribution in [2.75, 3.05) is 10.6 Å². The highest BCUT2D eigenvalue weighted by atomic mass is 16.1. The van der Waals surface area contributed by atoms with Crippen LogP contribution in [0.4, 0.5) is 11.4 Å². The molecule has 4 heteroatoms. The molecule has 2 aromatic rings. The smallest absolute Gasteiger partial charge is 0.229 e. The third-order valence-electron chi connectivity index (χ3n) is 5.41. The van der Waals surface area contributed by atoms with Gasteiger partial charge in [0.25, 0.3) is 0 Å². The van der Waals surface area contributed by atoms with E-state index >= 15 is 0 Å². The van der Waals surface area contributed by atoms with Crippen LogP contribution in [0, 0.1) is 5.92 Å². The van der Waals surface area contributed by atoms with Crippen molar-refractivity contribution in [2.24, 2.45) is 11.7 Å². The first-order valence-corrected chi connectivity index (χ1v) is 9.47. The van der Waals surface area contributed by atoms with Gasteiger partial charge in [0.15, 0.2) is 0 Å².